The molecule has 148 valence electrons. The van der Waals surface area contributed by atoms with Crippen LogP contribution in [0.15, 0.2) is 29.4 Å². The van der Waals surface area contributed by atoms with Crippen molar-refractivity contribution in [1.82, 2.24) is 24.6 Å². The number of carbonyl (C=O) groups is 1. The van der Waals surface area contributed by atoms with Crippen molar-refractivity contribution in [2.24, 2.45) is 0 Å². The van der Waals surface area contributed by atoms with Crippen LogP contribution in [0.2, 0.25) is 0 Å². The van der Waals surface area contributed by atoms with Crippen molar-refractivity contribution in [3.63, 3.8) is 0 Å². The van der Waals surface area contributed by atoms with E-state index in [0.29, 0.717) is 41.6 Å². The van der Waals surface area contributed by atoms with Gasteiger partial charge in [-0.05, 0) is 38.1 Å². The van der Waals surface area contributed by atoms with Crippen molar-refractivity contribution in [2.75, 3.05) is 41.9 Å². The van der Waals surface area contributed by atoms with Crippen molar-refractivity contribution in [1.29, 1.82) is 0 Å². The van der Waals surface area contributed by atoms with Gasteiger partial charge in [-0.3, -0.25) is 4.79 Å². The van der Waals surface area contributed by atoms with Crippen LogP contribution in [0.4, 0.5) is 17.6 Å². The van der Waals surface area contributed by atoms with Gasteiger partial charge in [0.1, 0.15) is 5.75 Å². The molecule has 1 aromatic carbocycles. The Morgan fingerprint density at radius 1 is 1.11 bits per heavy atom. The molecule has 0 atom stereocenters. The largest absolute Gasteiger partial charge is 0.497 e. The summed E-state index contributed by atoms with van der Waals surface area (Å²) in [6, 6.07) is 7.15. The fraction of sp³-hybridized carbons (Fsp3) is 0.353. The molecule has 2 heterocycles. The lowest BCUT2D eigenvalue weighted by atomic mass is 10.3. The number of methoxy groups -OCH3 is 1. The Morgan fingerprint density at radius 2 is 1.86 bits per heavy atom. The second kappa shape index (κ2) is 9.22. The molecule has 0 aliphatic rings. The van der Waals surface area contributed by atoms with Crippen LogP contribution in [0.1, 0.15) is 13.8 Å². The van der Waals surface area contributed by atoms with Crippen LogP contribution in [0.25, 0.3) is 5.78 Å². The minimum absolute atomic E-state index is 0.151. The first kappa shape index (κ1) is 19.7. The predicted molar refractivity (Wildman–Crippen MR) is 109 cm³/mol. The number of fused-ring (bicyclic) bond motifs is 1. The number of amides is 1. The highest BCUT2D eigenvalue weighted by atomic mass is 32.2. The van der Waals surface area contributed by atoms with Gasteiger partial charge >= 0.3 is 0 Å². The summed E-state index contributed by atoms with van der Waals surface area (Å²) < 4.78 is 6.81. The molecule has 0 saturated carbocycles. The average Bonchev–Trinajstić information content (AvgIpc) is 3.11. The molecule has 28 heavy (non-hydrogen) atoms. The van der Waals surface area contributed by atoms with Crippen LogP contribution in [0, 0.1) is 0 Å². The van der Waals surface area contributed by atoms with E-state index in [4.69, 9.17) is 4.74 Å². The Labute approximate surface area is 166 Å². The Bertz CT molecular complexity index is 944. The highest BCUT2D eigenvalue weighted by Crippen LogP contribution is 2.21. The van der Waals surface area contributed by atoms with E-state index in [1.54, 1.807) is 35.8 Å². The quantitative estimate of drug-likeness (QED) is 0.462. The van der Waals surface area contributed by atoms with Gasteiger partial charge in [0.2, 0.25) is 17.8 Å². The summed E-state index contributed by atoms with van der Waals surface area (Å²) in [5.41, 5.74) is 0.699. The summed E-state index contributed by atoms with van der Waals surface area (Å²) in [7, 11) is 1.60. The normalized spacial score (nSPS) is 10.7. The molecule has 11 heteroatoms. The minimum Gasteiger partial charge on any atom is -0.497 e. The van der Waals surface area contributed by atoms with Crippen molar-refractivity contribution in [2.45, 2.75) is 19.0 Å². The highest BCUT2D eigenvalue weighted by Gasteiger charge is 2.15. The van der Waals surface area contributed by atoms with E-state index in [9.17, 15) is 4.79 Å². The third-order valence-corrected chi connectivity index (χ3v) is 4.55. The van der Waals surface area contributed by atoms with E-state index in [2.05, 4.69) is 36.1 Å². The van der Waals surface area contributed by atoms with Crippen molar-refractivity contribution in [3.05, 3.63) is 24.3 Å². The molecule has 2 aromatic heterocycles. The zero-order valence-corrected chi connectivity index (χ0v) is 16.7. The zero-order chi connectivity index (χ0) is 19.9. The fourth-order valence-electron chi connectivity index (χ4n) is 2.40. The average molecular weight is 402 g/mol. The van der Waals surface area contributed by atoms with Gasteiger partial charge in [-0.25, -0.2) is 4.40 Å². The van der Waals surface area contributed by atoms with E-state index >= 15 is 0 Å². The summed E-state index contributed by atoms with van der Waals surface area (Å²) >= 11 is 1.26. The second-order valence-corrected chi connectivity index (χ2v) is 6.56. The maximum Gasteiger partial charge on any atom is 0.261 e. The number of hydrogen-bond acceptors (Lipinski definition) is 9. The zero-order valence-electron chi connectivity index (χ0n) is 15.9. The molecule has 1 amide bonds. The molecule has 3 rings (SSSR count). The minimum atomic E-state index is -0.151. The van der Waals surface area contributed by atoms with E-state index in [1.165, 1.54) is 11.8 Å². The van der Waals surface area contributed by atoms with Gasteiger partial charge in [-0.2, -0.15) is 9.97 Å². The lowest BCUT2D eigenvalue weighted by Crippen LogP contribution is -2.15. The number of ether oxygens (including phenoxy) is 1. The summed E-state index contributed by atoms with van der Waals surface area (Å²) in [6.45, 7) is 5.31. The van der Waals surface area contributed by atoms with Gasteiger partial charge in [-0.1, -0.05) is 11.8 Å². The van der Waals surface area contributed by atoms with E-state index in [1.807, 2.05) is 13.8 Å². The molecule has 0 unspecified atom stereocenters. The Balaban J connectivity index is 1.71. The number of carbonyl (C=O) groups excluding carboxylic acids is 1. The monoisotopic (exact) mass is 402 g/mol. The highest BCUT2D eigenvalue weighted by molar-refractivity contribution is 7.99. The third-order valence-electron chi connectivity index (χ3n) is 3.62. The van der Waals surface area contributed by atoms with Gasteiger partial charge in [-0.15, -0.1) is 10.2 Å². The number of thioether (sulfide) groups is 1. The standard InChI is InChI=1S/C17H22N8O2S/c1-4-18-14-21-15(19-5-2)25-16(22-14)23-24-17(25)28-10-13(26)20-11-6-8-12(27-3)9-7-11/h6-9H,4-5,10H2,1-3H3,(H,20,26)(H2,18,19,21,22,23). The topological polar surface area (TPSA) is 118 Å². The van der Waals surface area contributed by atoms with E-state index < -0.39 is 0 Å². The molecule has 0 saturated heterocycles. The summed E-state index contributed by atoms with van der Waals surface area (Å²) in [5.74, 6) is 2.23. The van der Waals surface area contributed by atoms with E-state index in [-0.39, 0.29) is 11.7 Å². The first-order valence-corrected chi connectivity index (χ1v) is 9.80. The Kier molecular flexibility index (Phi) is 6.48. The Morgan fingerprint density at radius 3 is 2.54 bits per heavy atom. The molecule has 0 fully saturated rings. The molecule has 10 nitrogen and oxygen atoms in total. The first-order chi connectivity index (χ1) is 13.6. The number of benzene rings is 1. The van der Waals surface area contributed by atoms with Crippen LogP contribution in [0.5, 0.6) is 5.75 Å². The number of aromatic nitrogens is 5. The van der Waals surface area contributed by atoms with Crippen LogP contribution in [-0.4, -0.2) is 56.4 Å². The maximum absolute atomic E-state index is 12.3. The van der Waals surface area contributed by atoms with Gasteiger partial charge in [0.15, 0.2) is 5.16 Å². The lowest BCUT2D eigenvalue weighted by molar-refractivity contribution is -0.113. The number of hydrogen-bond donors (Lipinski definition) is 3. The predicted octanol–water partition coefficient (Wildman–Crippen LogP) is 2.12. The first-order valence-electron chi connectivity index (χ1n) is 8.82. The van der Waals surface area contributed by atoms with Crippen molar-refractivity contribution < 1.29 is 9.53 Å². The van der Waals surface area contributed by atoms with Crippen LogP contribution in [0.3, 0.4) is 0 Å². The van der Waals surface area contributed by atoms with Gasteiger partial charge in [0.05, 0.1) is 12.9 Å². The van der Waals surface area contributed by atoms with Crippen LogP contribution in [-0.2, 0) is 4.79 Å². The molecule has 0 aliphatic heterocycles. The third kappa shape index (κ3) is 4.60. The van der Waals surface area contributed by atoms with Gasteiger partial charge in [0.25, 0.3) is 5.78 Å². The SMILES string of the molecule is CCNc1nc(NCC)n2c(SCC(=O)Nc3ccc(OC)cc3)nnc2n1. The van der Waals surface area contributed by atoms with Crippen molar-refractivity contribution in [3.8, 4) is 5.75 Å². The fourth-order valence-corrected chi connectivity index (χ4v) is 3.13. The maximum atomic E-state index is 12.3. The van der Waals surface area contributed by atoms with E-state index in [0.717, 1.165) is 5.75 Å². The van der Waals surface area contributed by atoms with Gasteiger partial charge < -0.3 is 20.7 Å². The summed E-state index contributed by atoms with van der Waals surface area (Å²) in [4.78, 5) is 21.1. The van der Waals surface area contributed by atoms with Crippen molar-refractivity contribution >= 4 is 41.0 Å². The summed E-state index contributed by atoms with van der Waals surface area (Å²) in [6.07, 6.45) is 0. The number of rotatable bonds is 9. The lowest BCUT2D eigenvalue weighted by Gasteiger charge is -2.09. The molecule has 3 aromatic rings. The smallest absolute Gasteiger partial charge is 0.261 e. The molecule has 0 spiro atoms. The number of nitrogens with zero attached hydrogens (tertiary/aromatic N) is 5. The van der Waals surface area contributed by atoms with Crippen LogP contribution < -0.4 is 20.7 Å². The Hall–Kier alpha value is -3.08. The molecule has 0 bridgehead atoms. The van der Waals surface area contributed by atoms with Gasteiger partial charge in [0, 0.05) is 18.8 Å². The number of anilines is 3. The molecule has 0 aliphatic carbocycles. The summed E-state index contributed by atoms with van der Waals surface area (Å²) in [5, 5.41) is 17.9. The van der Waals surface area contributed by atoms with Crippen LogP contribution >= 0.6 is 11.8 Å². The second-order valence-electron chi connectivity index (χ2n) is 5.61. The number of nitrogens with one attached hydrogen (secondary N) is 3. The molecular formula is C17H22N8O2S. The molecular weight excluding hydrogens is 380 g/mol. The molecule has 0 radical (unpaired) electrons. The molecule has 3 N–H and O–H groups in total.